The molecule has 0 aliphatic carbocycles. The normalized spacial score (nSPS) is 13.7. The minimum atomic E-state index is 0.213. The van der Waals surface area contributed by atoms with E-state index in [1.807, 2.05) is 24.3 Å². The lowest BCUT2D eigenvalue weighted by Gasteiger charge is -2.34. The van der Waals surface area contributed by atoms with Crippen LogP contribution in [0.15, 0.2) is 61.3 Å². The van der Waals surface area contributed by atoms with Crippen molar-refractivity contribution in [3.63, 3.8) is 0 Å². The third kappa shape index (κ3) is 5.22. The van der Waals surface area contributed by atoms with Crippen LogP contribution in [0.4, 0.5) is 23.1 Å². The van der Waals surface area contributed by atoms with Gasteiger partial charge in [0.15, 0.2) is 0 Å². The molecule has 1 aliphatic heterocycles. The highest BCUT2D eigenvalue weighted by Crippen LogP contribution is 2.25. The molecule has 0 unspecified atom stereocenters. The minimum Gasteiger partial charge on any atom is -0.369 e. The minimum absolute atomic E-state index is 0.213. The van der Waals surface area contributed by atoms with Crippen LogP contribution in [0.5, 0.6) is 0 Å². The van der Waals surface area contributed by atoms with Gasteiger partial charge in [-0.05, 0) is 42.9 Å². The van der Waals surface area contributed by atoms with Gasteiger partial charge < -0.3 is 15.1 Å². The maximum Gasteiger partial charge on any atom is 0.229 e. The number of rotatable bonds is 8. The van der Waals surface area contributed by atoms with E-state index in [0.717, 1.165) is 37.4 Å². The standard InChI is InChI=1S/C26H27N7O/c1-3-20-17-28-26(29-23-8-10-24(11-9-23)32-14-12-31(2)13-15-32)30-25(20)33(19-34)18-22-7-5-4-6-21(22)16-27/h3-11,17,19H,1,12-15,18H2,2H3,(H,28,29,30). The van der Waals surface area contributed by atoms with Gasteiger partial charge in [-0.15, -0.1) is 0 Å². The van der Waals surface area contributed by atoms with Crippen LogP contribution in [0.25, 0.3) is 6.08 Å². The monoisotopic (exact) mass is 453 g/mol. The molecule has 1 fully saturated rings. The zero-order chi connectivity index (χ0) is 23.9. The van der Waals surface area contributed by atoms with E-state index in [4.69, 9.17) is 0 Å². The highest BCUT2D eigenvalue weighted by Gasteiger charge is 2.16. The lowest BCUT2D eigenvalue weighted by molar-refractivity contribution is -0.107. The molecule has 8 heteroatoms. The Hall–Kier alpha value is -4.22. The number of anilines is 4. The van der Waals surface area contributed by atoms with E-state index in [-0.39, 0.29) is 6.54 Å². The van der Waals surface area contributed by atoms with E-state index < -0.39 is 0 Å². The average Bonchev–Trinajstić information content (AvgIpc) is 2.88. The number of hydrogen-bond donors (Lipinski definition) is 1. The SMILES string of the molecule is C=Cc1cnc(Nc2ccc(N3CCN(C)CC3)cc2)nc1N(C=O)Cc1ccccc1C#N. The lowest BCUT2D eigenvalue weighted by atomic mass is 10.1. The Labute approximate surface area is 199 Å². The van der Waals surface area contributed by atoms with Crippen molar-refractivity contribution in [2.75, 3.05) is 48.3 Å². The second-order valence-corrected chi connectivity index (χ2v) is 8.14. The molecule has 1 aromatic heterocycles. The summed E-state index contributed by atoms with van der Waals surface area (Å²) in [6, 6.07) is 17.5. The molecule has 1 amide bonds. The predicted octanol–water partition coefficient (Wildman–Crippen LogP) is 3.65. The van der Waals surface area contributed by atoms with Gasteiger partial charge in [-0.2, -0.15) is 10.2 Å². The summed E-state index contributed by atoms with van der Waals surface area (Å²) in [6.07, 6.45) is 3.94. The number of nitrogens with zero attached hydrogens (tertiary/aromatic N) is 6. The van der Waals surface area contributed by atoms with Gasteiger partial charge >= 0.3 is 0 Å². The predicted molar refractivity (Wildman–Crippen MR) is 135 cm³/mol. The molecule has 3 aromatic rings. The summed E-state index contributed by atoms with van der Waals surface area (Å²) < 4.78 is 0. The second kappa shape index (κ2) is 10.6. The Balaban J connectivity index is 1.53. The lowest BCUT2D eigenvalue weighted by Crippen LogP contribution is -2.44. The Morgan fingerprint density at radius 3 is 2.56 bits per heavy atom. The average molecular weight is 454 g/mol. The molecule has 0 spiro atoms. The Morgan fingerprint density at radius 2 is 1.88 bits per heavy atom. The molecule has 0 bridgehead atoms. The summed E-state index contributed by atoms with van der Waals surface area (Å²) in [5.74, 6) is 0.790. The third-order valence-electron chi connectivity index (χ3n) is 5.89. The van der Waals surface area contributed by atoms with Crippen molar-refractivity contribution in [3.8, 4) is 6.07 Å². The molecule has 172 valence electrons. The number of likely N-dealkylation sites (N-methyl/N-ethyl adjacent to an activating group) is 1. The van der Waals surface area contributed by atoms with Gasteiger partial charge in [0.05, 0.1) is 18.2 Å². The Bertz CT molecular complexity index is 1190. The summed E-state index contributed by atoms with van der Waals surface area (Å²) in [5, 5.41) is 12.6. The van der Waals surface area contributed by atoms with Crippen LogP contribution in [0.2, 0.25) is 0 Å². The van der Waals surface area contributed by atoms with Gasteiger partial charge in [-0.3, -0.25) is 9.69 Å². The molecule has 2 aromatic carbocycles. The van der Waals surface area contributed by atoms with Gasteiger partial charge in [0.2, 0.25) is 12.4 Å². The fourth-order valence-corrected chi connectivity index (χ4v) is 3.88. The van der Waals surface area contributed by atoms with E-state index in [9.17, 15) is 10.1 Å². The number of nitrogens with one attached hydrogen (secondary N) is 1. The Kier molecular flexibility index (Phi) is 7.16. The van der Waals surface area contributed by atoms with Crippen LogP contribution < -0.4 is 15.1 Å². The largest absolute Gasteiger partial charge is 0.369 e. The summed E-state index contributed by atoms with van der Waals surface area (Å²) in [4.78, 5) is 27.1. The number of piperazine rings is 1. The van der Waals surface area contributed by atoms with E-state index >= 15 is 0 Å². The molecule has 0 atom stereocenters. The molecule has 4 rings (SSSR count). The van der Waals surface area contributed by atoms with Crippen molar-refractivity contribution in [2.24, 2.45) is 0 Å². The zero-order valence-corrected chi connectivity index (χ0v) is 19.2. The number of aromatic nitrogens is 2. The second-order valence-electron chi connectivity index (χ2n) is 8.14. The molecule has 8 nitrogen and oxygen atoms in total. The first-order valence-electron chi connectivity index (χ1n) is 11.1. The number of hydrogen-bond acceptors (Lipinski definition) is 7. The number of amides is 1. The van der Waals surface area contributed by atoms with Crippen molar-refractivity contribution >= 4 is 35.6 Å². The number of nitriles is 1. The highest BCUT2D eigenvalue weighted by molar-refractivity contribution is 5.79. The first kappa shape index (κ1) is 23.0. The smallest absolute Gasteiger partial charge is 0.229 e. The number of carbonyl (C=O) groups is 1. The van der Waals surface area contributed by atoms with Crippen LogP contribution >= 0.6 is 0 Å². The first-order chi connectivity index (χ1) is 16.6. The van der Waals surface area contributed by atoms with Crippen LogP contribution in [-0.2, 0) is 11.3 Å². The molecule has 1 N–H and O–H groups in total. The summed E-state index contributed by atoms with van der Waals surface area (Å²) in [5.41, 5.74) is 3.91. The van der Waals surface area contributed by atoms with E-state index in [0.29, 0.717) is 29.3 Å². The summed E-state index contributed by atoms with van der Waals surface area (Å²) >= 11 is 0. The number of benzene rings is 2. The van der Waals surface area contributed by atoms with Crippen molar-refractivity contribution in [2.45, 2.75) is 6.54 Å². The van der Waals surface area contributed by atoms with Crippen molar-refractivity contribution in [3.05, 3.63) is 78.0 Å². The fourth-order valence-electron chi connectivity index (χ4n) is 3.88. The van der Waals surface area contributed by atoms with Crippen LogP contribution in [0, 0.1) is 11.3 Å². The number of carbonyl (C=O) groups excluding carboxylic acids is 1. The third-order valence-corrected chi connectivity index (χ3v) is 5.89. The molecule has 34 heavy (non-hydrogen) atoms. The van der Waals surface area contributed by atoms with Gasteiger partial charge in [-0.25, -0.2) is 4.98 Å². The van der Waals surface area contributed by atoms with Crippen LogP contribution in [0.3, 0.4) is 0 Å². The van der Waals surface area contributed by atoms with E-state index in [2.05, 4.69) is 56.9 Å². The molecule has 2 heterocycles. The van der Waals surface area contributed by atoms with Crippen molar-refractivity contribution in [1.29, 1.82) is 5.26 Å². The molecular formula is C26H27N7O. The molecule has 0 radical (unpaired) electrons. The van der Waals surface area contributed by atoms with Crippen molar-refractivity contribution in [1.82, 2.24) is 14.9 Å². The molecule has 1 saturated heterocycles. The zero-order valence-electron chi connectivity index (χ0n) is 19.2. The summed E-state index contributed by atoms with van der Waals surface area (Å²) in [6.45, 7) is 8.16. The van der Waals surface area contributed by atoms with E-state index in [1.54, 1.807) is 24.4 Å². The van der Waals surface area contributed by atoms with Gasteiger partial charge in [-0.1, -0.05) is 30.9 Å². The first-order valence-corrected chi connectivity index (χ1v) is 11.1. The highest BCUT2D eigenvalue weighted by atomic mass is 16.1. The Morgan fingerprint density at radius 1 is 1.15 bits per heavy atom. The van der Waals surface area contributed by atoms with Gasteiger partial charge in [0.25, 0.3) is 0 Å². The van der Waals surface area contributed by atoms with Crippen molar-refractivity contribution < 1.29 is 4.79 Å². The molecule has 0 saturated carbocycles. The quantitative estimate of drug-likeness (QED) is 0.521. The maximum atomic E-state index is 12.0. The fraction of sp³-hybridized carbons (Fsp3) is 0.231. The van der Waals surface area contributed by atoms with Gasteiger partial charge in [0, 0.05) is 49.3 Å². The van der Waals surface area contributed by atoms with E-state index in [1.165, 1.54) is 10.6 Å². The molecule has 1 aliphatic rings. The van der Waals surface area contributed by atoms with Crippen LogP contribution in [0.1, 0.15) is 16.7 Å². The maximum absolute atomic E-state index is 12.0. The topological polar surface area (TPSA) is 88.4 Å². The summed E-state index contributed by atoms with van der Waals surface area (Å²) in [7, 11) is 2.14. The molecular weight excluding hydrogens is 426 g/mol. The van der Waals surface area contributed by atoms with Gasteiger partial charge in [0.1, 0.15) is 5.82 Å². The van der Waals surface area contributed by atoms with Crippen LogP contribution in [-0.4, -0.2) is 54.5 Å².